The van der Waals surface area contributed by atoms with Crippen molar-refractivity contribution < 1.29 is 9.18 Å². The van der Waals surface area contributed by atoms with Gasteiger partial charge in [0.2, 0.25) is 5.91 Å². The summed E-state index contributed by atoms with van der Waals surface area (Å²) in [6.07, 6.45) is 1.85. The van der Waals surface area contributed by atoms with Crippen molar-refractivity contribution in [3.05, 3.63) is 54.3 Å². The van der Waals surface area contributed by atoms with Gasteiger partial charge in [-0.1, -0.05) is 36.4 Å². The summed E-state index contributed by atoms with van der Waals surface area (Å²) in [4.78, 5) is 12.2. The topological polar surface area (TPSA) is 41.1 Å². The minimum atomic E-state index is -0.293. The van der Waals surface area contributed by atoms with Crippen LogP contribution < -0.4 is 10.6 Å². The maximum atomic E-state index is 14.0. The number of amides is 1. The summed E-state index contributed by atoms with van der Waals surface area (Å²) < 4.78 is 14.0. The average Bonchev–Trinajstić information content (AvgIpc) is 3.03. The van der Waals surface area contributed by atoms with Crippen LogP contribution in [0.1, 0.15) is 12.8 Å². The van der Waals surface area contributed by atoms with Crippen molar-refractivity contribution >= 4 is 11.6 Å². The molecule has 1 saturated heterocycles. The Morgan fingerprint density at radius 3 is 2.52 bits per heavy atom. The fourth-order valence-corrected chi connectivity index (χ4v) is 2.63. The molecule has 1 aliphatic rings. The van der Waals surface area contributed by atoms with Crippen LogP contribution in [0, 0.1) is 5.82 Å². The zero-order valence-electron chi connectivity index (χ0n) is 11.6. The van der Waals surface area contributed by atoms with Crippen LogP contribution in [0.3, 0.4) is 0 Å². The zero-order chi connectivity index (χ0) is 14.7. The predicted octanol–water partition coefficient (Wildman–Crippen LogP) is 3.18. The summed E-state index contributed by atoms with van der Waals surface area (Å²) in [6, 6.07) is 13.7. The second-order valence-corrected chi connectivity index (χ2v) is 5.16. The van der Waals surface area contributed by atoms with E-state index in [1.54, 1.807) is 24.3 Å². The first-order chi connectivity index (χ1) is 10.3. The Morgan fingerprint density at radius 1 is 1.10 bits per heavy atom. The lowest BCUT2D eigenvalue weighted by Gasteiger charge is -2.15. The Morgan fingerprint density at radius 2 is 1.81 bits per heavy atom. The molecule has 21 heavy (non-hydrogen) atoms. The van der Waals surface area contributed by atoms with Crippen LogP contribution >= 0.6 is 0 Å². The van der Waals surface area contributed by atoms with Gasteiger partial charge < -0.3 is 10.6 Å². The third-order valence-electron chi connectivity index (χ3n) is 3.73. The minimum Gasteiger partial charge on any atom is -0.324 e. The maximum Gasteiger partial charge on any atom is 0.241 e. The molecule has 1 heterocycles. The van der Waals surface area contributed by atoms with Gasteiger partial charge in [-0.3, -0.25) is 4.79 Å². The van der Waals surface area contributed by atoms with E-state index < -0.39 is 0 Å². The second-order valence-electron chi connectivity index (χ2n) is 5.16. The third-order valence-corrected chi connectivity index (χ3v) is 3.73. The Bertz CT molecular complexity index is 651. The molecule has 0 radical (unpaired) electrons. The summed E-state index contributed by atoms with van der Waals surface area (Å²) in [5, 5.41) is 6.07. The van der Waals surface area contributed by atoms with Gasteiger partial charge in [0.1, 0.15) is 5.82 Å². The molecule has 1 unspecified atom stereocenters. The first-order valence-electron chi connectivity index (χ1n) is 7.14. The van der Waals surface area contributed by atoms with Crippen LogP contribution in [0.4, 0.5) is 10.1 Å². The van der Waals surface area contributed by atoms with E-state index in [1.807, 2.05) is 18.2 Å². The molecular formula is C17H17FN2O. The quantitative estimate of drug-likeness (QED) is 0.909. The zero-order valence-corrected chi connectivity index (χ0v) is 11.6. The van der Waals surface area contributed by atoms with Gasteiger partial charge in [-0.15, -0.1) is 0 Å². The molecule has 3 nitrogen and oxygen atoms in total. The molecule has 4 heteroatoms. The van der Waals surface area contributed by atoms with E-state index in [-0.39, 0.29) is 17.8 Å². The van der Waals surface area contributed by atoms with Crippen LogP contribution in [0.25, 0.3) is 11.1 Å². The van der Waals surface area contributed by atoms with E-state index in [1.165, 1.54) is 6.07 Å². The van der Waals surface area contributed by atoms with Crippen LogP contribution in [0.5, 0.6) is 0 Å². The van der Waals surface area contributed by atoms with Crippen molar-refractivity contribution in [3.63, 3.8) is 0 Å². The van der Waals surface area contributed by atoms with Crippen LogP contribution in [0.15, 0.2) is 48.5 Å². The van der Waals surface area contributed by atoms with Gasteiger partial charge >= 0.3 is 0 Å². The monoisotopic (exact) mass is 284 g/mol. The molecular weight excluding hydrogens is 267 g/mol. The predicted molar refractivity (Wildman–Crippen MR) is 81.5 cm³/mol. The van der Waals surface area contributed by atoms with E-state index in [9.17, 15) is 9.18 Å². The molecule has 0 spiro atoms. The molecule has 1 atom stereocenters. The van der Waals surface area contributed by atoms with Gasteiger partial charge in [0, 0.05) is 16.8 Å². The Kier molecular flexibility index (Phi) is 3.97. The van der Waals surface area contributed by atoms with Gasteiger partial charge in [-0.2, -0.15) is 0 Å². The van der Waals surface area contributed by atoms with Crippen molar-refractivity contribution in [1.82, 2.24) is 5.32 Å². The van der Waals surface area contributed by atoms with Crippen molar-refractivity contribution in [2.45, 2.75) is 18.9 Å². The number of halogens is 1. The third kappa shape index (κ3) is 2.95. The highest BCUT2D eigenvalue weighted by Gasteiger charge is 2.22. The van der Waals surface area contributed by atoms with Crippen molar-refractivity contribution in [1.29, 1.82) is 0 Å². The molecule has 2 aromatic rings. The fraction of sp³-hybridized carbons (Fsp3) is 0.235. The molecule has 3 rings (SSSR count). The lowest BCUT2D eigenvalue weighted by Crippen LogP contribution is -2.35. The summed E-state index contributed by atoms with van der Waals surface area (Å²) in [7, 11) is 0. The number of anilines is 1. The highest BCUT2D eigenvalue weighted by molar-refractivity contribution is 5.98. The second kappa shape index (κ2) is 6.06. The number of hydrogen-bond acceptors (Lipinski definition) is 2. The molecule has 0 aromatic heterocycles. The lowest BCUT2D eigenvalue weighted by atomic mass is 10.0. The molecule has 0 bridgehead atoms. The van der Waals surface area contributed by atoms with Crippen LogP contribution in [-0.4, -0.2) is 18.5 Å². The molecule has 0 saturated carbocycles. The van der Waals surface area contributed by atoms with Gasteiger partial charge in [0.25, 0.3) is 0 Å². The number of benzene rings is 2. The van der Waals surface area contributed by atoms with Crippen molar-refractivity contribution in [2.24, 2.45) is 0 Å². The smallest absolute Gasteiger partial charge is 0.241 e. The lowest BCUT2D eigenvalue weighted by molar-refractivity contribution is -0.117. The Hall–Kier alpha value is -2.20. The largest absolute Gasteiger partial charge is 0.324 e. The number of rotatable bonds is 3. The fourth-order valence-electron chi connectivity index (χ4n) is 2.63. The number of nitrogens with one attached hydrogen (secondary N) is 2. The highest BCUT2D eigenvalue weighted by atomic mass is 19.1. The summed E-state index contributed by atoms with van der Waals surface area (Å²) in [6.45, 7) is 0.868. The van der Waals surface area contributed by atoms with Gasteiger partial charge in [-0.05, 0) is 31.5 Å². The van der Waals surface area contributed by atoms with Gasteiger partial charge in [0.15, 0.2) is 0 Å². The van der Waals surface area contributed by atoms with Crippen LogP contribution in [0.2, 0.25) is 0 Å². The first kappa shape index (κ1) is 13.8. The van der Waals surface area contributed by atoms with Gasteiger partial charge in [-0.25, -0.2) is 4.39 Å². The molecule has 0 aliphatic carbocycles. The van der Waals surface area contributed by atoms with E-state index in [0.717, 1.165) is 19.4 Å². The first-order valence-corrected chi connectivity index (χ1v) is 7.14. The van der Waals surface area contributed by atoms with Crippen molar-refractivity contribution in [3.8, 4) is 11.1 Å². The Balaban J connectivity index is 1.89. The van der Waals surface area contributed by atoms with E-state index in [2.05, 4.69) is 10.6 Å². The summed E-state index contributed by atoms with van der Waals surface area (Å²) in [5.41, 5.74) is 1.83. The normalized spacial score (nSPS) is 17.7. The summed E-state index contributed by atoms with van der Waals surface area (Å²) >= 11 is 0. The SMILES string of the molecule is O=C(Nc1ccccc1-c1ccccc1F)C1CCCN1. The van der Waals surface area contributed by atoms with Crippen LogP contribution in [-0.2, 0) is 4.79 Å². The molecule has 1 fully saturated rings. The molecule has 2 N–H and O–H groups in total. The van der Waals surface area contributed by atoms with E-state index >= 15 is 0 Å². The summed E-state index contributed by atoms with van der Waals surface area (Å²) in [5.74, 6) is -0.352. The molecule has 2 aromatic carbocycles. The minimum absolute atomic E-state index is 0.0590. The Labute approximate surface area is 123 Å². The number of para-hydroxylation sites is 1. The molecule has 1 aliphatic heterocycles. The van der Waals surface area contributed by atoms with Gasteiger partial charge in [0.05, 0.1) is 6.04 Å². The molecule has 108 valence electrons. The maximum absolute atomic E-state index is 14.0. The number of hydrogen-bond donors (Lipinski definition) is 2. The molecule has 1 amide bonds. The van der Waals surface area contributed by atoms with E-state index in [0.29, 0.717) is 16.8 Å². The highest BCUT2D eigenvalue weighted by Crippen LogP contribution is 2.30. The average molecular weight is 284 g/mol. The van der Waals surface area contributed by atoms with E-state index in [4.69, 9.17) is 0 Å². The standard InChI is InChI=1S/C17H17FN2O/c18-14-8-3-1-6-12(14)13-7-2-4-9-15(13)20-17(21)16-10-5-11-19-16/h1-4,6-9,16,19H,5,10-11H2,(H,20,21). The van der Waals surface area contributed by atoms with Crippen molar-refractivity contribution in [2.75, 3.05) is 11.9 Å². The number of carbonyl (C=O) groups is 1. The number of carbonyl (C=O) groups excluding carboxylic acids is 1.